The normalized spacial score (nSPS) is 11.2. The Morgan fingerprint density at radius 1 is 1.11 bits per heavy atom. The largest absolute Gasteiger partial charge is 0.315 e. The fourth-order valence-corrected chi connectivity index (χ4v) is 1.76. The zero-order chi connectivity index (χ0) is 13.4. The first-order valence-corrected chi connectivity index (χ1v) is 6.47. The van der Waals surface area contributed by atoms with Crippen LogP contribution < -0.4 is 5.32 Å². The molecule has 0 bridgehead atoms. The van der Waals surface area contributed by atoms with E-state index in [1.54, 1.807) is 0 Å². The predicted molar refractivity (Wildman–Crippen MR) is 70.7 cm³/mol. The maximum absolute atomic E-state index is 13.4. The minimum Gasteiger partial charge on any atom is -0.315 e. The molecule has 0 fully saturated rings. The second-order valence-electron chi connectivity index (χ2n) is 4.50. The Bertz CT molecular complexity index is 335. The summed E-state index contributed by atoms with van der Waals surface area (Å²) < 4.78 is 26.8. The number of nitrogens with one attached hydrogen (secondary N) is 1. The van der Waals surface area contributed by atoms with Crippen molar-refractivity contribution in [1.82, 2.24) is 10.2 Å². The van der Waals surface area contributed by atoms with Gasteiger partial charge in [0.2, 0.25) is 0 Å². The molecule has 1 rings (SSSR count). The minimum atomic E-state index is -0.451. The van der Waals surface area contributed by atoms with Crippen LogP contribution in [0.1, 0.15) is 18.9 Å². The lowest BCUT2D eigenvalue weighted by atomic mass is 10.1. The Morgan fingerprint density at radius 2 is 1.78 bits per heavy atom. The number of hydrogen-bond donors (Lipinski definition) is 1. The van der Waals surface area contributed by atoms with Gasteiger partial charge in [0.05, 0.1) is 0 Å². The third kappa shape index (κ3) is 5.10. The van der Waals surface area contributed by atoms with Gasteiger partial charge < -0.3 is 10.2 Å². The molecule has 1 N–H and O–H groups in total. The molecule has 0 amide bonds. The average molecular weight is 256 g/mol. The first-order valence-electron chi connectivity index (χ1n) is 6.47. The minimum absolute atomic E-state index is 0.186. The van der Waals surface area contributed by atoms with Crippen molar-refractivity contribution in [3.8, 4) is 0 Å². The van der Waals surface area contributed by atoms with Crippen LogP contribution in [0.4, 0.5) is 8.78 Å². The van der Waals surface area contributed by atoms with E-state index in [0.717, 1.165) is 26.1 Å². The predicted octanol–water partition coefficient (Wildman–Crippen LogP) is 2.44. The van der Waals surface area contributed by atoms with Crippen LogP contribution in [0.25, 0.3) is 0 Å². The SMILES string of the molecule is CCCNCCN(C)CCc1c(F)cccc1F. The summed E-state index contributed by atoms with van der Waals surface area (Å²) in [5.41, 5.74) is 0.186. The van der Waals surface area contributed by atoms with Gasteiger partial charge in [-0.2, -0.15) is 0 Å². The van der Waals surface area contributed by atoms with Gasteiger partial charge in [0.1, 0.15) is 11.6 Å². The summed E-state index contributed by atoms with van der Waals surface area (Å²) in [6, 6.07) is 4.01. The zero-order valence-corrected chi connectivity index (χ0v) is 11.2. The molecular formula is C14H22F2N2. The molecule has 4 heteroatoms. The Morgan fingerprint density at radius 3 is 2.39 bits per heavy atom. The van der Waals surface area contributed by atoms with Gasteiger partial charge in [-0.3, -0.25) is 0 Å². The summed E-state index contributed by atoms with van der Waals surface area (Å²) in [5, 5.41) is 3.30. The summed E-state index contributed by atoms with van der Waals surface area (Å²) in [7, 11) is 1.96. The maximum Gasteiger partial charge on any atom is 0.129 e. The van der Waals surface area contributed by atoms with E-state index in [1.165, 1.54) is 18.2 Å². The van der Waals surface area contributed by atoms with E-state index in [0.29, 0.717) is 13.0 Å². The van der Waals surface area contributed by atoms with E-state index in [2.05, 4.69) is 17.1 Å². The van der Waals surface area contributed by atoms with E-state index in [4.69, 9.17) is 0 Å². The second-order valence-corrected chi connectivity index (χ2v) is 4.50. The van der Waals surface area contributed by atoms with Gasteiger partial charge in [-0.15, -0.1) is 0 Å². The highest BCUT2D eigenvalue weighted by Crippen LogP contribution is 2.12. The molecule has 0 atom stereocenters. The average Bonchev–Trinajstić information content (AvgIpc) is 2.34. The molecule has 0 saturated carbocycles. The lowest BCUT2D eigenvalue weighted by Crippen LogP contribution is -2.31. The van der Waals surface area contributed by atoms with E-state index in [9.17, 15) is 8.78 Å². The highest BCUT2D eigenvalue weighted by atomic mass is 19.1. The molecule has 0 aliphatic rings. The van der Waals surface area contributed by atoms with Crippen molar-refractivity contribution in [3.63, 3.8) is 0 Å². The highest BCUT2D eigenvalue weighted by molar-refractivity contribution is 5.19. The molecule has 102 valence electrons. The highest BCUT2D eigenvalue weighted by Gasteiger charge is 2.08. The smallest absolute Gasteiger partial charge is 0.129 e. The van der Waals surface area contributed by atoms with Crippen LogP contribution in [0.3, 0.4) is 0 Å². The number of likely N-dealkylation sites (N-methyl/N-ethyl adjacent to an activating group) is 1. The molecule has 0 radical (unpaired) electrons. The fraction of sp³-hybridized carbons (Fsp3) is 0.571. The molecule has 0 heterocycles. The first kappa shape index (κ1) is 15.1. The van der Waals surface area contributed by atoms with Crippen LogP contribution in [0.2, 0.25) is 0 Å². The van der Waals surface area contributed by atoms with Gasteiger partial charge in [0.15, 0.2) is 0 Å². The van der Waals surface area contributed by atoms with Crippen molar-refractivity contribution in [3.05, 3.63) is 35.4 Å². The lowest BCUT2D eigenvalue weighted by Gasteiger charge is -2.17. The summed E-state index contributed by atoms with van der Waals surface area (Å²) in [6.07, 6.45) is 1.52. The fourth-order valence-electron chi connectivity index (χ4n) is 1.76. The van der Waals surface area contributed by atoms with Crippen molar-refractivity contribution in [1.29, 1.82) is 0 Å². The summed E-state index contributed by atoms with van der Waals surface area (Å²) in [5.74, 6) is -0.903. The van der Waals surface area contributed by atoms with E-state index in [1.807, 2.05) is 7.05 Å². The number of rotatable bonds is 8. The molecule has 0 unspecified atom stereocenters. The molecule has 2 nitrogen and oxygen atoms in total. The van der Waals surface area contributed by atoms with Crippen LogP contribution in [0, 0.1) is 11.6 Å². The van der Waals surface area contributed by atoms with Crippen LogP contribution in [0.5, 0.6) is 0 Å². The van der Waals surface area contributed by atoms with E-state index in [-0.39, 0.29) is 5.56 Å². The Kier molecular flexibility index (Phi) is 6.83. The van der Waals surface area contributed by atoms with Gasteiger partial charge in [-0.05, 0) is 38.6 Å². The first-order chi connectivity index (χ1) is 8.65. The third-order valence-corrected chi connectivity index (χ3v) is 2.90. The summed E-state index contributed by atoms with van der Waals surface area (Å²) in [6.45, 7) is 5.58. The maximum atomic E-state index is 13.4. The van der Waals surface area contributed by atoms with Gasteiger partial charge in [0.25, 0.3) is 0 Å². The number of nitrogens with zero attached hydrogens (tertiary/aromatic N) is 1. The molecule has 0 aromatic heterocycles. The summed E-state index contributed by atoms with van der Waals surface area (Å²) in [4.78, 5) is 2.08. The Hall–Kier alpha value is -1.00. The molecule has 1 aromatic rings. The van der Waals surface area contributed by atoms with Crippen molar-refractivity contribution in [2.24, 2.45) is 0 Å². The molecule has 0 saturated heterocycles. The number of benzene rings is 1. The van der Waals surface area contributed by atoms with Crippen molar-refractivity contribution in [2.45, 2.75) is 19.8 Å². The summed E-state index contributed by atoms with van der Waals surface area (Å²) >= 11 is 0. The van der Waals surface area contributed by atoms with Crippen LogP contribution >= 0.6 is 0 Å². The topological polar surface area (TPSA) is 15.3 Å². The Labute approximate surface area is 108 Å². The van der Waals surface area contributed by atoms with E-state index >= 15 is 0 Å². The van der Waals surface area contributed by atoms with Crippen molar-refractivity contribution >= 4 is 0 Å². The van der Waals surface area contributed by atoms with Gasteiger partial charge in [-0.1, -0.05) is 13.0 Å². The zero-order valence-electron chi connectivity index (χ0n) is 11.2. The molecule has 0 aliphatic heterocycles. The molecule has 18 heavy (non-hydrogen) atoms. The number of halogens is 2. The standard InChI is InChI=1S/C14H22F2N2/c1-3-8-17-9-11-18(2)10-7-12-13(15)5-4-6-14(12)16/h4-6,17H,3,7-11H2,1-2H3. The number of hydrogen-bond acceptors (Lipinski definition) is 2. The molecule has 0 aliphatic carbocycles. The molecule has 0 spiro atoms. The van der Waals surface area contributed by atoms with Crippen LogP contribution in [-0.2, 0) is 6.42 Å². The second kappa shape index (κ2) is 8.16. The van der Waals surface area contributed by atoms with Gasteiger partial charge >= 0.3 is 0 Å². The van der Waals surface area contributed by atoms with Crippen LogP contribution in [0.15, 0.2) is 18.2 Å². The third-order valence-electron chi connectivity index (χ3n) is 2.90. The van der Waals surface area contributed by atoms with Crippen LogP contribution in [-0.4, -0.2) is 38.1 Å². The molecular weight excluding hydrogens is 234 g/mol. The van der Waals surface area contributed by atoms with Gasteiger partial charge in [0, 0.05) is 25.2 Å². The van der Waals surface area contributed by atoms with Crippen molar-refractivity contribution in [2.75, 3.05) is 33.2 Å². The Balaban J connectivity index is 2.31. The van der Waals surface area contributed by atoms with E-state index < -0.39 is 11.6 Å². The monoisotopic (exact) mass is 256 g/mol. The van der Waals surface area contributed by atoms with Crippen molar-refractivity contribution < 1.29 is 8.78 Å². The van der Waals surface area contributed by atoms with Gasteiger partial charge in [-0.25, -0.2) is 8.78 Å². The lowest BCUT2D eigenvalue weighted by molar-refractivity contribution is 0.332. The quantitative estimate of drug-likeness (QED) is 0.719. The molecule has 1 aromatic carbocycles.